The third kappa shape index (κ3) is 7.00. The number of aromatic nitrogens is 1. The molecule has 1 aromatic heterocycles. The van der Waals surface area contributed by atoms with E-state index in [0.29, 0.717) is 16.8 Å². The maximum absolute atomic E-state index is 13.3. The van der Waals surface area contributed by atoms with E-state index in [9.17, 15) is 22.8 Å². The summed E-state index contributed by atoms with van der Waals surface area (Å²) in [4.78, 5) is 34.2. The number of ether oxygens (including phenoxy) is 1. The average molecular weight is 568 g/mol. The number of rotatable bonds is 8. The summed E-state index contributed by atoms with van der Waals surface area (Å²) < 4.78 is 44.7. The Morgan fingerprint density at radius 1 is 1.21 bits per heavy atom. The summed E-state index contributed by atoms with van der Waals surface area (Å²) in [6, 6.07) is 10.8. The second kappa shape index (κ2) is 12.2. The lowest BCUT2D eigenvalue weighted by molar-refractivity contribution is -0.110. The summed E-state index contributed by atoms with van der Waals surface area (Å²) >= 11 is 12.6. The van der Waals surface area contributed by atoms with Gasteiger partial charge in [0.25, 0.3) is 11.8 Å². The molecule has 3 aromatic rings. The number of allylic oxidation sites excluding steroid dienone is 1. The molecule has 0 saturated carbocycles. The monoisotopic (exact) mass is 567 g/mol. The van der Waals surface area contributed by atoms with Gasteiger partial charge in [0.05, 0.1) is 27.9 Å². The normalized spacial score (nSPS) is 13.3. The largest absolute Gasteiger partial charge is 0.430 e. The number of fused-ring (bicyclic) bond motifs is 1. The van der Waals surface area contributed by atoms with Crippen molar-refractivity contribution in [2.45, 2.75) is 19.1 Å². The van der Waals surface area contributed by atoms with Crippen LogP contribution in [0.15, 0.2) is 65.4 Å². The Labute approximate surface area is 225 Å². The van der Waals surface area contributed by atoms with E-state index in [4.69, 9.17) is 33.7 Å². The van der Waals surface area contributed by atoms with E-state index in [2.05, 4.69) is 20.6 Å². The fourth-order valence-electron chi connectivity index (χ4n) is 3.33. The number of carbonyl (C=O) groups is 2. The van der Waals surface area contributed by atoms with E-state index < -0.39 is 35.4 Å². The Kier molecular flexibility index (Phi) is 9.31. The summed E-state index contributed by atoms with van der Waals surface area (Å²) in [5, 5.41) is 6.19. The van der Waals surface area contributed by atoms with Gasteiger partial charge in [-0.15, -0.1) is 0 Å². The van der Waals surface area contributed by atoms with Gasteiger partial charge in [0.15, 0.2) is 5.82 Å². The van der Waals surface area contributed by atoms with Crippen LogP contribution in [0.3, 0.4) is 0 Å². The van der Waals surface area contributed by atoms with Crippen molar-refractivity contribution in [2.24, 2.45) is 10.7 Å². The highest BCUT2D eigenvalue weighted by Crippen LogP contribution is 2.35. The summed E-state index contributed by atoms with van der Waals surface area (Å²) in [7, 11) is 1.47. The van der Waals surface area contributed by atoms with Crippen LogP contribution in [0.4, 0.5) is 24.7 Å². The van der Waals surface area contributed by atoms with Gasteiger partial charge in [-0.3, -0.25) is 9.59 Å². The lowest BCUT2D eigenvalue weighted by Gasteiger charge is -2.18. The van der Waals surface area contributed by atoms with Gasteiger partial charge in [-0.2, -0.15) is 13.2 Å². The van der Waals surface area contributed by atoms with Crippen molar-refractivity contribution in [3.63, 3.8) is 0 Å². The first kappa shape index (κ1) is 28.9. The minimum Gasteiger partial charge on any atom is -0.395 e. The van der Waals surface area contributed by atoms with Crippen molar-refractivity contribution in [1.29, 1.82) is 0 Å². The fourth-order valence-corrected chi connectivity index (χ4v) is 3.81. The quantitative estimate of drug-likeness (QED) is 0.314. The topological polar surface area (TPSA) is 119 Å². The molecule has 38 heavy (non-hydrogen) atoms. The van der Waals surface area contributed by atoms with Crippen LogP contribution in [0.5, 0.6) is 0 Å². The Morgan fingerprint density at radius 3 is 2.58 bits per heavy atom. The van der Waals surface area contributed by atoms with Gasteiger partial charge in [0.1, 0.15) is 11.4 Å². The molecule has 0 aliphatic carbocycles. The number of carbonyl (C=O) groups excluding carboxylic acids is 2. The molecule has 8 nitrogen and oxygen atoms in total. The van der Waals surface area contributed by atoms with Crippen molar-refractivity contribution in [2.75, 3.05) is 19.0 Å². The number of alkyl halides is 3. The Hall–Kier alpha value is -3.67. The van der Waals surface area contributed by atoms with Gasteiger partial charge in [-0.1, -0.05) is 47.5 Å². The third-order valence-electron chi connectivity index (χ3n) is 5.08. The molecular formula is C25H22Cl2F3N5O3. The zero-order chi connectivity index (χ0) is 28.0. The Morgan fingerprint density at radius 2 is 1.92 bits per heavy atom. The highest BCUT2D eigenvalue weighted by atomic mass is 35.5. The third-order valence-corrected chi connectivity index (χ3v) is 5.77. The van der Waals surface area contributed by atoms with Crippen molar-refractivity contribution < 1.29 is 27.5 Å². The van der Waals surface area contributed by atoms with Crippen molar-refractivity contribution in [3.05, 3.63) is 76.0 Å². The highest BCUT2D eigenvalue weighted by Gasteiger charge is 2.33. The average Bonchev–Trinajstić information content (AvgIpc) is 2.85. The molecule has 3 rings (SSSR count). The highest BCUT2D eigenvalue weighted by molar-refractivity contribution is 6.49. The van der Waals surface area contributed by atoms with Crippen LogP contribution in [0, 0.1) is 0 Å². The van der Waals surface area contributed by atoms with E-state index in [1.54, 1.807) is 31.2 Å². The molecule has 0 saturated heterocycles. The van der Waals surface area contributed by atoms with Gasteiger partial charge in [-0.05, 0) is 36.6 Å². The van der Waals surface area contributed by atoms with E-state index in [0.717, 1.165) is 0 Å². The molecule has 2 aromatic carbocycles. The molecule has 13 heteroatoms. The predicted molar refractivity (Wildman–Crippen MR) is 141 cm³/mol. The number of nitrogens with two attached hydrogens (primary N) is 1. The number of aliphatic imine (C=N–C) groups is 1. The zero-order valence-corrected chi connectivity index (χ0v) is 21.6. The SMILES string of the molecule is COCC(C)NC(=O)c1cc2ccccc2c(Cl)c1NC(=O)C(C=C(N)C(F)(F)F)=Nc1ncccc1Cl. The molecule has 0 fully saturated rings. The van der Waals surface area contributed by atoms with Crippen LogP contribution < -0.4 is 16.4 Å². The molecule has 1 atom stereocenters. The molecule has 200 valence electrons. The smallest absolute Gasteiger partial charge is 0.395 e. The van der Waals surface area contributed by atoms with E-state index in [-0.39, 0.29) is 33.7 Å². The summed E-state index contributed by atoms with van der Waals surface area (Å²) in [6.07, 6.45) is -3.31. The molecule has 1 heterocycles. The predicted octanol–water partition coefficient (Wildman–Crippen LogP) is 5.42. The van der Waals surface area contributed by atoms with Gasteiger partial charge < -0.3 is 21.1 Å². The molecule has 1 unspecified atom stereocenters. The zero-order valence-electron chi connectivity index (χ0n) is 20.1. The molecule has 4 N–H and O–H groups in total. The minimum atomic E-state index is -4.95. The number of nitrogens with one attached hydrogen (secondary N) is 2. The van der Waals surface area contributed by atoms with Crippen LogP contribution in [-0.2, 0) is 9.53 Å². The van der Waals surface area contributed by atoms with Gasteiger partial charge in [0, 0.05) is 24.7 Å². The number of anilines is 1. The number of hydrogen-bond acceptors (Lipinski definition) is 6. The second-order valence-electron chi connectivity index (χ2n) is 8.02. The number of benzene rings is 2. The van der Waals surface area contributed by atoms with E-state index in [1.165, 1.54) is 31.5 Å². The first-order valence-electron chi connectivity index (χ1n) is 11.0. The number of nitrogens with zero attached hydrogens (tertiary/aromatic N) is 2. The molecular weight excluding hydrogens is 546 g/mol. The Bertz CT molecular complexity index is 1430. The minimum absolute atomic E-state index is 0.0102. The van der Waals surface area contributed by atoms with Crippen LogP contribution >= 0.6 is 23.2 Å². The standard InChI is InChI=1S/C25H22Cl2F3N5O3/c1-13(12-38-2)33-23(36)16-10-14-6-3-4-7-15(14)20(27)21(16)35-24(37)18(11-19(31)25(28,29)30)34-22-17(26)8-5-9-32-22/h3-11,13H,12,31H2,1-2H3,(H,33,36)(H,35,37). The maximum Gasteiger partial charge on any atom is 0.430 e. The molecule has 0 aliphatic rings. The van der Waals surface area contributed by atoms with Gasteiger partial charge >= 0.3 is 6.18 Å². The van der Waals surface area contributed by atoms with Crippen molar-refractivity contribution in [3.8, 4) is 0 Å². The lowest BCUT2D eigenvalue weighted by Crippen LogP contribution is -2.36. The van der Waals surface area contributed by atoms with Crippen molar-refractivity contribution in [1.82, 2.24) is 10.3 Å². The first-order chi connectivity index (χ1) is 17.9. The van der Waals surface area contributed by atoms with E-state index >= 15 is 0 Å². The molecule has 0 spiro atoms. The van der Waals surface area contributed by atoms with E-state index in [1.807, 2.05) is 0 Å². The fraction of sp³-hybridized carbons (Fsp3) is 0.200. The lowest BCUT2D eigenvalue weighted by atomic mass is 10.0. The van der Waals surface area contributed by atoms with Crippen molar-refractivity contribution >= 4 is 63.0 Å². The molecule has 0 aliphatic heterocycles. The number of methoxy groups -OCH3 is 1. The number of pyridine rings is 1. The first-order valence-corrected chi connectivity index (χ1v) is 11.7. The number of amides is 2. The molecule has 0 bridgehead atoms. The number of hydrogen-bond donors (Lipinski definition) is 3. The summed E-state index contributed by atoms with van der Waals surface area (Å²) in [5.41, 5.74) is 2.62. The number of halogens is 5. The Balaban J connectivity index is 2.13. The van der Waals surface area contributed by atoms with Crippen LogP contribution in [0.25, 0.3) is 10.8 Å². The van der Waals surface area contributed by atoms with Crippen LogP contribution in [-0.4, -0.2) is 48.4 Å². The maximum atomic E-state index is 13.3. The molecule has 0 radical (unpaired) electrons. The van der Waals surface area contributed by atoms with Gasteiger partial charge in [-0.25, -0.2) is 9.98 Å². The van der Waals surface area contributed by atoms with Gasteiger partial charge in [0.2, 0.25) is 0 Å². The van der Waals surface area contributed by atoms with Crippen LogP contribution in [0.2, 0.25) is 10.0 Å². The second-order valence-corrected chi connectivity index (χ2v) is 8.81. The summed E-state index contributed by atoms with van der Waals surface area (Å²) in [5.74, 6) is -1.97. The molecule has 2 amide bonds. The summed E-state index contributed by atoms with van der Waals surface area (Å²) in [6.45, 7) is 1.91. The van der Waals surface area contributed by atoms with Crippen LogP contribution in [0.1, 0.15) is 17.3 Å².